The number of nitrogens with two attached hydrogens (primary N) is 1. The zero-order valence-corrected chi connectivity index (χ0v) is 13.1. The van der Waals surface area contributed by atoms with Crippen molar-refractivity contribution in [3.8, 4) is 11.3 Å². The van der Waals surface area contributed by atoms with Crippen molar-refractivity contribution in [1.29, 1.82) is 0 Å². The molecule has 1 fully saturated rings. The summed E-state index contributed by atoms with van der Waals surface area (Å²) in [6.45, 7) is 4.36. The smallest absolute Gasteiger partial charge is 0.326 e. The van der Waals surface area contributed by atoms with E-state index in [0.29, 0.717) is 23.7 Å². The highest BCUT2D eigenvalue weighted by molar-refractivity contribution is 5.58. The lowest BCUT2D eigenvalue weighted by molar-refractivity contribution is -0.144. The molecule has 7 heteroatoms. The maximum absolute atomic E-state index is 12.5. The molecular formula is C16H19F3N4. The van der Waals surface area contributed by atoms with Crippen molar-refractivity contribution in [3.05, 3.63) is 41.6 Å². The van der Waals surface area contributed by atoms with E-state index in [9.17, 15) is 13.2 Å². The summed E-state index contributed by atoms with van der Waals surface area (Å²) in [5.74, 6) is -0.714. The minimum Gasteiger partial charge on any atom is -0.326 e. The normalized spacial score (nSPS) is 14.2. The van der Waals surface area contributed by atoms with Crippen LogP contribution < -0.4 is 5.73 Å². The second-order valence-electron chi connectivity index (χ2n) is 5.06. The second kappa shape index (κ2) is 7.04. The first kappa shape index (κ1) is 17.3. The van der Waals surface area contributed by atoms with Crippen molar-refractivity contribution in [1.82, 2.24) is 15.0 Å². The molecule has 2 heterocycles. The number of pyridine rings is 1. The Kier molecular flexibility index (Phi) is 5.30. The first-order valence-corrected chi connectivity index (χ1v) is 7.58. The van der Waals surface area contributed by atoms with E-state index in [1.807, 2.05) is 19.9 Å². The van der Waals surface area contributed by atoms with Crippen molar-refractivity contribution >= 4 is 0 Å². The number of halogens is 3. The van der Waals surface area contributed by atoms with Crippen LogP contribution in [-0.4, -0.2) is 15.0 Å². The standard InChI is InChI=1S/C14H13F3N4.C2H6/c15-14(16,17)13-19-6-10(7-20-13)12-4-8(5-18)3-11(21-12)9-1-2-9;1-2/h3-4,6-7,9H,1-2,5,18H2;1-2H3. The third-order valence-corrected chi connectivity index (χ3v) is 3.34. The fourth-order valence-corrected chi connectivity index (χ4v) is 2.07. The van der Waals surface area contributed by atoms with E-state index in [4.69, 9.17) is 5.73 Å². The average molecular weight is 324 g/mol. The lowest BCUT2D eigenvalue weighted by Gasteiger charge is -2.08. The molecule has 0 radical (unpaired) electrons. The van der Waals surface area contributed by atoms with Gasteiger partial charge in [-0.3, -0.25) is 4.98 Å². The zero-order chi connectivity index (χ0) is 17.0. The maximum Gasteiger partial charge on any atom is 0.451 e. The fourth-order valence-electron chi connectivity index (χ4n) is 2.07. The Labute approximate surface area is 133 Å². The molecule has 0 amide bonds. The zero-order valence-electron chi connectivity index (χ0n) is 13.1. The van der Waals surface area contributed by atoms with Gasteiger partial charge in [0.1, 0.15) is 0 Å². The number of hydrogen-bond acceptors (Lipinski definition) is 4. The van der Waals surface area contributed by atoms with E-state index in [-0.39, 0.29) is 0 Å². The van der Waals surface area contributed by atoms with Crippen LogP contribution in [0.15, 0.2) is 24.5 Å². The molecule has 3 rings (SSSR count). The van der Waals surface area contributed by atoms with Crippen LogP contribution in [0.5, 0.6) is 0 Å². The molecule has 0 aromatic carbocycles. The van der Waals surface area contributed by atoms with Crippen LogP contribution in [0, 0.1) is 0 Å². The summed E-state index contributed by atoms with van der Waals surface area (Å²) in [7, 11) is 0. The van der Waals surface area contributed by atoms with Crippen LogP contribution in [0.1, 0.15) is 49.7 Å². The van der Waals surface area contributed by atoms with Crippen LogP contribution in [0.25, 0.3) is 11.3 Å². The molecule has 1 saturated carbocycles. The summed E-state index contributed by atoms with van der Waals surface area (Å²) in [5, 5.41) is 0. The molecule has 0 spiro atoms. The molecule has 0 bridgehead atoms. The minimum absolute atomic E-state index is 0.358. The summed E-state index contributed by atoms with van der Waals surface area (Å²) < 4.78 is 37.4. The summed E-state index contributed by atoms with van der Waals surface area (Å²) in [5.41, 5.74) is 8.52. The summed E-state index contributed by atoms with van der Waals surface area (Å²) in [4.78, 5) is 11.2. The SMILES string of the molecule is CC.NCc1cc(-c2cnc(C(F)(F)F)nc2)nc(C2CC2)c1. The lowest BCUT2D eigenvalue weighted by atomic mass is 10.1. The van der Waals surface area contributed by atoms with Crippen LogP contribution >= 0.6 is 0 Å². The molecule has 23 heavy (non-hydrogen) atoms. The summed E-state index contributed by atoms with van der Waals surface area (Å²) in [6.07, 6.45) is -0.0670. The Morgan fingerprint density at radius 3 is 2.22 bits per heavy atom. The lowest BCUT2D eigenvalue weighted by Crippen LogP contribution is -2.10. The van der Waals surface area contributed by atoms with Crippen molar-refractivity contribution < 1.29 is 13.2 Å². The molecule has 2 aromatic rings. The van der Waals surface area contributed by atoms with Crippen LogP contribution in [0.2, 0.25) is 0 Å². The number of alkyl halides is 3. The number of hydrogen-bond donors (Lipinski definition) is 1. The van der Waals surface area contributed by atoms with Gasteiger partial charge in [-0.05, 0) is 30.5 Å². The van der Waals surface area contributed by atoms with Gasteiger partial charge in [-0.15, -0.1) is 0 Å². The van der Waals surface area contributed by atoms with Gasteiger partial charge in [-0.1, -0.05) is 13.8 Å². The Morgan fingerprint density at radius 2 is 1.74 bits per heavy atom. The molecular weight excluding hydrogens is 305 g/mol. The predicted molar refractivity (Wildman–Crippen MR) is 81.5 cm³/mol. The topological polar surface area (TPSA) is 64.7 Å². The maximum atomic E-state index is 12.5. The Morgan fingerprint density at radius 1 is 1.13 bits per heavy atom. The van der Waals surface area contributed by atoms with Gasteiger partial charge < -0.3 is 5.73 Å². The molecule has 0 saturated heterocycles. The molecule has 2 aromatic heterocycles. The molecule has 1 aliphatic rings. The predicted octanol–water partition coefficient (Wildman–Crippen LogP) is 3.92. The highest BCUT2D eigenvalue weighted by atomic mass is 19.4. The third-order valence-electron chi connectivity index (χ3n) is 3.34. The molecule has 2 N–H and O–H groups in total. The third kappa shape index (κ3) is 4.25. The van der Waals surface area contributed by atoms with Gasteiger partial charge in [-0.25, -0.2) is 9.97 Å². The molecule has 0 unspecified atom stereocenters. The molecule has 1 aliphatic carbocycles. The van der Waals surface area contributed by atoms with Gasteiger partial charge in [0.05, 0.1) is 5.69 Å². The van der Waals surface area contributed by atoms with E-state index in [1.54, 1.807) is 6.07 Å². The van der Waals surface area contributed by atoms with Gasteiger partial charge in [0.15, 0.2) is 0 Å². The van der Waals surface area contributed by atoms with Crippen molar-refractivity contribution in [3.63, 3.8) is 0 Å². The fraction of sp³-hybridized carbons (Fsp3) is 0.438. The monoisotopic (exact) mass is 324 g/mol. The van der Waals surface area contributed by atoms with Gasteiger partial charge >= 0.3 is 6.18 Å². The van der Waals surface area contributed by atoms with Crippen molar-refractivity contribution in [2.24, 2.45) is 5.73 Å². The van der Waals surface area contributed by atoms with Gasteiger partial charge in [0.2, 0.25) is 5.82 Å². The molecule has 0 atom stereocenters. The Balaban J connectivity index is 0.000000924. The van der Waals surface area contributed by atoms with E-state index in [2.05, 4.69) is 15.0 Å². The second-order valence-corrected chi connectivity index (χ2v) is 5.06. The van der Waals surface area contributed by atoms with Gasteiger partial charge in [0.25, 0.3) is 0 Å². The molecule has 4 nitrogen and oxygen atoms in total. The number of rotatable bonds is 3. The Bertz CT molecular complexity index is 649. The molecule has 0 aliphatic heterocycles. The van der Waals surface area contributed by atoms with E-state index >= 15 is 0 Å². The minimum atomic E-state index is -4.54. The van der Waals surface area contributed by atoms with Crippen LogP contribution in [0.4, 0.5) is 13.2 Å². The summed E-state index contributed by atoms with van der Waals surface area (Å²) >= 11 is 0. The number of aromatic nitrogens is 3. The van der Waals surface area contributed by atoms with E-state index in [1.165, 1.54) is 0 Å². The van der Waals surface area contributed by atoms with E-state index in [0.717, 1.165) is 36.5 Å². The first-order valence-electron chi connectivity index (χ1n) is 7.58. The van der Waals surface area contributed by atoms with E-state index < -0.39 is 12.0 Å². The van der Waals surface area contributed by atoms with Crippen molar-refractivity contribution in [2.45, 2.75) is 45.3 Å². The van der Waals surface area contributed by atoms with Gasteiger partial charge in [-0.2, -0.15) is 13.2 Å². The van der Waals surface area contributed by atoms with Crippen LogP contribution in [0.3, 0.4) is 0 Å². The summed E-state index contributed by atoms with van der Waals surface area (Å²) in [6, 6.07) is 3.71. The van der Waals surface area contributed by atoms with Crippen molar-refractivity contribution in [2.75, 3.05) is 0 Å². The first-order chi connectivity index (χ1) is 11.0. The Hall–Kier alpha value is -2.02. The quantitative estimate of drug-likeness (QED) is 0.929. The highest BCUT2D eigenvalue weighted by Gasteiger charge is 2.34. The average Bonchev–Trinajstić information content (AvgIpc) is 3.40. The number of nitrogens with zero attached hydrogens (tertiary/aromatic N) is 3. The highest BCUT2D eigenvalue weighted by Crippen LogP contribution is 2.40. The van der Waals surface area contributed by atoms with Crippen LogP contribution in [-0.2, 0) is 12.7 Å². The largest absolute Gasteiger partial charge is 0.451 e. The van der Waals surface area contributed by atoms with Gasteiger partial charge in [0, 0.05) is 36.1 Å². The molecule has 124 valence electrons.